The van der Waals surface area contributed by atoms with Crippen LogP contribution in [0.5, 0.6) is 0 Å². The number of aliphatic carboxylic acids is 1. The standard InChI is InChI=1S/C19H23N5O2.C2HF3O2/c1-22-8-4-16(21-22)18(26)23-9-5-19(6-10-23)11-17(25)24(14-19)13-15-3-2-7-20-12-15;3-2(4,5)1(6)7/h2-4,7-8,12H,5-6,9-11,13-14H2,1H3;(H,6,7). The predicted octanol–water partition coefficient (Wildman–Crippen LogP) is 2.10. The number of carbonyl (C=O) groups excluding carboxylic acids is 2. The van der Waals surface area contributed by atoms with E-state index >= 15 is 0 Å². The summed E-state index contributed by atoms with van der Waals surface area (Å²) >= 11 is 0. The first-order valence-corrected chi connectivity index (χ1v) is 10.2. The number of carbonyl (C=O) groups is 3. The minimum absolute atomic E-state index is 0.000187. The molecule has 2 saturated heterocycles. The molecule has 0 aromatic carbocycles. The normalized spacial score (nSPS) is 17.6. The molecule has 0 radical (unpaired) electrons. The van der Waals surface area contributed by atoms with Crippen LogP contribution in [0.4, 0.5) is 13.2 Å². The van der Waals surface area contributed by atoms with E-state index in [4.69, 9.17) is 9.90 Å². The molecule has 4 heterocycles. The first kappa shape index (κ1) is 24.2. The number of likely N-dealkylation sites (tertiary alicyclic amines) is 2. The van der Waals surface area contributed by atoms with Crippen LogP contribution < -0.4 is 0 Å². The van der Waals surface area contributed by atoms with E-state index < -0.39 is 12.1 Å². The fourth-order valence-electron chi connectivity index (χ4n) is 4.05. The van der Waals surface area contributed by atoms with Gasteiger partial charge in [-0.25, -0.2) is 4.79 Å². The van der Waals surface area contributed by atoms with Crippen molar-refractivity contribution in [3.63, 3.8) is 0 Å². The molecule has 4 rings (SSSR count). The number of carboxylic acids is 1. The van der Waals surface area contributed by atoms with E-state index in [2.05, 4.69) is 10.1 Å². The average molecular weight is 467 g/mol. The molecule has 0 atom stereocenters. The number of aryl methyl sites for hydroxylation is 1. The number of halogens is 3. The van der Waals surface area contributed by atoms with E-state index in [1.165, 1.54) is 0 Å². The number of rotatable bonds is 3. The molecule has 2 aromatic rings. The molecule has 2 aromatic heterocycles. The van der Waals surface area contributed by atoms with Crippen LogP contribution in [0.1, 0.15) is 35.3 Å². The number of pyridine rings is 1. The zero-order chi connectivity index (χ0) is 24.2. The van der Waals surface area contributed by atoms with Gasteiger partial charge in [0.05, 0.1) is 0 Å². The Bertz CT molecular complexity index is 1000. The quantitative estimate of drug-likeness (QED) is 0.741. The Morgan fingerprint density at radius 1 is 1.21 bits per heavy atom. The third kappa shape index (κ3) is 6.08. The van der Waals surface area contributed by atoms with Crippen molar-refractivity contribution in [2.24, 2.45) is 12.5 Å². The van der Waals surface area contributed by atoms with E-state index in [1.807, 2.05) is 35.2 Å². The number of alkyl halides is 3. The van der Waals surface area contributed by atoms with E-state index in [9.17, 15) is 22.8 Å². The molecule has 33 heavy (non-hydrogen) atoms. The lowest BCUT2D eigenvalue weighted by Gasteiger charge is -2.38. The lowest BCUT2D eigenvalue weighted by Crippen LogP contribution is -2.44. The van der Waals surface area contributed by atoms with Crippen molar-refractivity contribution in [1.29, 1.82) is 0 Å². The van der Waals surface area contributed by atoms with Gasteiger partial charge in [0.25, 0.3) is 5.91 Å². The first-order chi connectivity index (χ1) is 15.5. The molecule has 2 fully saturated rings. The van der Waals surface area contributed by atoms with Crippen LogP contribution in [-0.4, -0.2) is 73.3 Å². The van der Waals surface area contributed by atoms with Crippen LogP contribution in [0, 0.1) is 5.41 Å². The molecule has 1 N–H and O–H groups in total. The fraction of sp³-hybridized carbons (Fsp3) is 0.476. The van der Waals surface area contributed by atoms with Crippen LogP contribution in [0.25, 0.3) is 0 Å². The molecule has 0 saturated carbocycles. The highest BCUT2D eigenvalue weighted by Crippen LogP contribution is 2.41. The highest BCUT2D eigenvalue weighted by molar-refractivity contribution is 5.92. The van der Waals surface area contributed by atoms with Crippen LogP contribution in [-0.2, 0) is 23.2 Å². The Morgan fingerprint density at radius 3 is 2.39 bits per heavy atom. The first-order valence-electron chi connectivity index (χ1n) is 10.2. The van der Waals surface area contributed by atoms with E-state index in [0.717, 1.165) is 24.9 Å². The molecular weight excluding hydrogens is 443 g/mol. The van der Waals surface area contributed by atoms with Gasteiger partial charge in [0.2, 0.25) is 5.91 Å². The lowest BCUT2D eigenvalue weighted by molar-refractivity contribution is -0.192. The fourth-order valence-corrected chi connectivity index (χ4v) is 4.05. The summed E-state index contributed by atoms with van der Waals surface area (Å²) in [5.41, 5.74) is 1.55. The molecule has 0 bridgehead atoms. The average Bonchev–Trinajstić information content (AvgIpc) is 3.32. The highest BCUT2D eigenvalue weighted by Gasteiger charge is 2.45. The maximum absolute atomic E-state index is 12.6. The maximum Gasteiger partial charge on any atom is 0.490 e. The summed E-state index contributed by atoms with van der Waals surface area (Å²) in [6.07, 6.45) is 2.56. The van der Waals surface area contributed by atoms with Gasteiger partial charge in [-0.1, -0.05) is 6.07 Å². The van der Waals surface area contributed by atoms with Gasteiger partial charge >= 0.3 is 12.1 Å². The second-order valence-corrected chi connectivity index (χ2v) is 8.26. The van der Waals surface area contributed by atoms with Gasteiger partial charge in [-0.15, -0.1) is 0 Å². The number of hydrogen-bond donors (Lipinski definition) is 1. The SMILES string of the molecule is Cn1ccc(C(=O)N2CCC3(CC2)CC(=O)N(Cc2cccnc2)C3)n1.O=C(O)C(F)(F)F. The summed E-state index contributed by atoms with van der Waals surface area (Å²) in [5.74, 6) is -2.57. The van der Waals surface area contributed by atoms with Crippen molar-refractivity contribution in [2.75, 3.05) is 19.6 Å². The highest BCUT2D eigenvalue weighted by atomic mass is 19.4. The zero-order valence-corrected chi connectivity index (χ0v) is 18.0. The van der Waals surface area contributed by atoms with Crippen molar-refractivity contribution >= 4 is 17.8 Å². The van der Waals surface area contributed by atoms with Crippen molar-refractivity contribution in [1.82, 2.24) is 24.6 Å². The topological polar surface area (TPSA) is 109 Å². The van der Waals surface area contributed by atoms with Gasteiger partial charge in [0, 0.05) is 63.7 Å². The summed E-state index contributed by atoms with van der Waals surface area (Å²) in [4.78, 5) is 41.9. The van der Waals surface area contributed by atoms with Crippen LogP contribution in [0.2, 0.25) is 0 Å². The van der Waals surface area contributed by atoms with Crippen molar-refractivity contribution in [2.45, 2.75) is 32.0 Å². The van der Waals surface area contributed by atoms with Crippen molar-refractivity contribution in [3.8, 4) is 0 Å². The Balaban J connectivity index is 0.000000383. The predicted molar refractivity (Wildman–Crippen MR) is 109 cm³/mol. The van der Waals surface area contributed by atoms with Crippen molar-refractivity contribution in [3.05, 3.63) is 48.0 Å². The molecular formula is C21H24F3N5O4. The van der Waals surface area contributed by atoms with Crippen LogP contribution in [0.15, 0.2) is 36.8 Å². The molecule has 1 spiro atoms. The summed E-state index contributed by atoms with van der Waals surface area (Å²) in [7, 11) is 1.81. The second-order valence-electron chi connectivity index (χ2n) is 8.26. The number of carboxylic acid groups (broad SMARTS) is 1. The Labute approximate surface area is 187 Å². The molecule has 2 aliphatic heterocycles. The molecule has 178 valence electrons. The third-order valence-electron chi connectivity index (χ3n) is 5.79. The largest absolute Gasteiger partial charge is 0.490 e. The van der Waals surface area contributed by atoms with Gasteiger partial charge in [0.15, 0.2) is 0 Å². The smallest absolute Gasteiger partial charge is 0.475 e. The van der Waals surface area contributed by atoms with Gasteiger partial charge in [0.1, 0.15) is 5.69 Å². The van der Waals surface area contributed by atoms with E-state index in [0.29, 0.717) is 31.7 Å². The maximum atomic E-state index is 12.6. The van der Waals surface area contributed by atoms with Gasteiger partial charge in [-0.05, 0) is 30.5 Å². The molecule has 2 aliphatic rings. The van der Waals surface area contributed by atoms with Gasteiger partial charge in [-0.3, -0.25) is 19.3 Å². The summed E-state index contributed by atoms with van der Waals surface area (Å²) in [6, 6.07) is 5.65. The van der Waals surface area contributed by atoms with Crippen LogP contribution in [0.3, 0.4) is 0 Å². The molecule has 9 nitrogen and oxygen atoms in total. The third-order valence-corrected chi connectivity index (χ3v) is 5.79. The van der Waals surface area contributed by atoms with Gasteiger partial charge in [-0.2, -0.15) is 18.3 Å². The van der Waals surface area contributed by atoms with Crippen LogP contribution >= 0.6 is 0 Å². The number of hydrogen-bond acceptors (Lipinski definition) is 5. The van der Waals surface area contributed by atoms with E-state index in [1.54, 1.807) is 23.1 Å². The number of piperidine rings is 1. The monoisotopic (exact) mass is 467 g/mol. The molecule has 0 unspecified atom stereocenters. The minimum atomic E-state index is -5.08. The summed E-state index contributed by atoms with van der Waals surface area (Å²) in [5, 5.41) is 11.3. The summed E-state index contributed by atoms with van der Waals surface area (Å²) < 4.78 is 33.4. The molecule has 2 amide bonds. The minimum Gasteiger partial charge on any atom is -0.475 e. The Kier molecular flexibility index (Phi) is 7.04. The zero-order valence-electron chi connectivity index (χ0n) is 18.0. The van der Waals surface area contributed by atoms with Gasteiger partial charge < -0.3 is 14.9 Å². The Hall–Kier alpha value is -3.44. The summed E-state index contributed by atoms with van der Waals surface area (Å²) in [6.45, 7) is 2.75. The van der Waals surface area contributed by atoms with Crippen molar-refractivity contribution < 1.29 is 32.7 Å². The molecule has 0 aliphatic carbocycles. The van der Waals surface area contributed by atoms with E-state index in [-0.39, 0.29) is 17.2 Å². The molecule has 12 heteroatoms. The Morgan fingerprint density at radius 2 is 1.88 bits per heavy atom. The number of amides is 2. The number of nitrogens with zero attached hydrogens (tertiary/aromatic N) is 5. The lowest BCUT2D eigenvalue weighted by atomic mass is 9.77. The number of aromatic nitrogens is 3. The second kappa shape index (κ2) is 9.59.